The highest BCUT2D eigenvalue weighted by molar-refractivity contribution is 5.63. The number of benzene rings is 1. The van der Waals surface area contributed by atoms with Crippen molar-refractivity contribution in [3.8, 4) is 0 Å². The number of para-hydroxylation sites is 1. The minimum Gasteiger partial charge on any atom is -0.356 e. The smallest absolute Gasteiger partial charge is 0.356 e. The number of nitrogens with one attached hydrogen (secondary N) is 1. The minimum absolute atomic E-state index is 0.00804. The van der Waals surface area contributed by atoms with Crippen LogP contribution in [-0.4, -0.2) is 23.1 Å². The summed E-state index contributed by atoms with van der Waals surface area (Å²) >= 11 is 0. The molecule has 0 unspecified atom stereocenters. The second-order valence-electron chi connectivity index (χ2n) is 6.50. The van der Waals surface area contributed by atoms with Gasteiger partial charge in [0.2, 0.25) is 0 Å². The van der Waals surface area contributed by atoms with E-state index in [1.807, 2.05) is 0 Å². The Hall–Kier alpha value is -2.31. The first-order chi connectivity index (χ1) is 11.8. The molecule has 2 heterocycles. The van der Waals surface area contributed by atoms with Crippen molar-refractivity contribution in [2.45, 2.75) is 32.9 Å². The number of halogens is 3. The molecule has 1 aromatic heterocycles. The van der Waals surface area contributed by atoms with Crippen molar-refractivity contribution in [3.63, 3.8) is 0 Å². The average Bonchev–Trinajstić information content (AvgIpc) is 2.54. The van der Waals surface area contributed by atoms with Gasteiger partial charge in [0.15, 0.2) is 0 Å². The first kappa shape index (κ1) is 17.5. The number of anilines is 3. The molecule has 7 heteroatoms. The molecule has 1 aliphatic rings. The van der Waals surface area contributed by atoms with Gasteiger partial charge in [0.25, 0.3) is 0 Å². The van der Waals surface area contributed by atoms with Crippen LogP contribution in [0.15, 0.2) is 30.3 Å². The molecule has 0 spiro atoms. The van der Waals surface area contributed by atoms with Crippen LogP contribution in [0.4, 0.5) is 30.5 Å². The molecule has 0 atom stereocenters. The molecule has 25 heavy (non-hydrogen) atoms. The van der Waals surface area contributed by atoms with Crippen molar-refractivity contribution < 1.29 is 13.2 Å². The van der Waals surface area contributed by atoms with Crippen molar-refractivity contribution in [2.75, 3.05) is 23.3 Å². The van der Waals surface area contributed by atoms with Crippen molar-refractivity contribution >= 4 is 17.3 Å². The number of piperidine rings is 1. The fourth-order valence-electron chi connectivity index (χ4n) is 2.99. The molecule has 0 saturated carbocycles. The Morgan fingerprint density at radius 3 is 2.48 bits per heavy atom. The molecular weight excluding hydrogens is 329 g/mol. The Labute approximate surface area is 145 Å². The van der Waals surface area contributed by atoms with E-state index in [-0.39, 0.29) is 5.69 Å². The zero-order valence-corrected chi connectivity index (χ0v) is 14.3. The van der Waals surface area contributed by atoms with Crippen molar-refractivity contribution in [2.24, 2.45) is 5.92 Å². The molecule has 0 bridgehead atoms. The lowest BCUT2D eigenvalue weighted by Crippen LogP contribution is -2.33. The van der Waals surface area contributed by atoms with Gasteiger partial charge < -0.3 is 10.2 Å². The van der Waals surface area contributed by atoms with E-state index in [0.717, 1.165) is 37.8 Å². The number of alkyl halides is 3. The van der Waals surface area contributed by atoms with Crippen LogP contribution >= 0.6 is 0 Å². The minimum atomic E-state index is -4.42. The van der Waals surface area contributed by atoms with Gasteiger partial charge in [0.05, 0.1) is 11.3 Å². The maximum absolute atomic E-state index is 13.2. The topological polar surface area (TPSA) is 41.1 Å². The van der Waals surface area contributed by atoms with Crippen LogP contribution in [0.1, 0.15) is 31.2 Å². The van der Waals surface area contributed by atoms with E-state index in [9.17, 15) is 13.2 Å². The molecule has 4 nitrogen and oxygen atoms in total. The second-order valence-corrected chi connectivity index (χ2v) is 6.50. The van der Waals surface area contributed by atoms with Gasteiger partial charge in [-0.2, -0.15) is 13.2 Å². The largest absolute Gasteiger partial charge is 0.418 e. The van der Waals surface area contributed by atoms with Gasteiger partial charge in [0.1, 0.15) is 17.5 Å². The normalized spacial score (nSPS) is 16.1. The van der Waals surface area contributed by atoms with Gasteiger partial charge in [-0.1, -0.05) is 19.1 Å². The van der Waals surface area contributed by atoms with Crippen molar-refractivity contribution in [1.82, 2.24) is 9.97 Å². The first-order valence-electron chi connectivity index (χ1n) is 8.37. The lowest BCUT2D eigenvalue weighted by molar-refractivity contribution is -0.136. The zero-order valence-electron chi connectivity index (χ0n) is 14.3. The maximum Gasteiger partial charge on any atom is 0.418 e. The van der Waals surface area contributed by atoms with Crippen LogP contribution in [0.3, 0.4) is 0 Å². The predicted molar refractivity (Wildman–Crippen MR) is 92.1 cm³/mol. The number of aryl methyl sites for hydroxylation is 1. The highest BCUT2D eigenvalue weighted by Gasteiger charge is 2.33. The van der Waals surface area contributed by atoms with Crippen LogP contribution in [-0.2, 0) is 6.18 Å². The Balaban J connectivity index is 1.87. The van der Waals surface area contributed by atoms with Crippen LogP contribution in [0.2, 0.25) is 0 Å². The number of aromatic nitrogens is 2. The number of nitrogens with zero attached hydrogens (tertiary/aromatic N) is 3. The van der Waals surface area contributed by atoms with Gasteiger partial charge in [0, 0.05) is 19.2 Å². The Morgan fingerprint density at radius 2 is 1.80 bits per heavy atom. The van der Waals surface area contributed by atoms with Crippen LogP contribution in [0.25, 0.3) is 0 Å². The lowest BCUT2D eigenvalue weighted by atomic mass is 9.99. The van der Waals surface area contributed by atoms with E-state index in [1.165, 1.54) is 12.1 Å². The van der Waals surface area contributed by atoms with E-state index in [0.29, 0.717) is 17.6 Å². The van der Waals surface area contributed by atoms with Crippen LogP contribution in [0.5, 0.6) is 0 Å². The van der Waals surface area contributed by atoms with E-state index < -0.39 is 11.7 Å². The molecule has 0 aliphatic carbocycles. The molecule has 1 aromatic carbocycles. The summed E-state index contributed by atoms with van der Waals surface area (Å²) in [4.78, 5) is 10.9. The summed E-state index contributed by atoms with van der Waals surface area (Å²) in [6.45, 7) is 5.77. The van der Waals surface area contributed by atoms with Crippen LogP contribution in [0, 0.1) is 12.8 Å². The third-order valence-corrected chi connectivity index (χ3v) is 4.43. The summed E-state index contributed by atoms with van der Waals surface area (Å²) in [7, 11) is 0. The monoisotopic (exact) mass is 350 g/mol. The number of hydrogen-bond donors (Lipinski definition) is 1. The fourth-order valence-corrected chi connectivity index (χ4v) is 2.99. The summed E-state index contributed by atoms with van der Waals surface area (Å²) < 4.78 is 39.5. The molecule has 1 aliphatic heterocycles. The molecule has 1 fully saturated rings. The number of hydrogen-bond acceptors (Lipinski definition) is 4. The standard InChI is InChI=1S/C18H21F3N4/c1-12-7-9-25(10-8-12)17-11-16(22-13(2)23-17)24-15-6-4-3-5-14(15)18(19,20)21/h3-6,11-12H,7-10H2,1-2H3,(H,22,23,24). The third-order valence-electron chi connectivity index (χ3n) is 4.43. The van der Waals surface area contributed by atoms with Crippen molar-refractivity contribution in [3.05, 3.63) is 41.7 Å². The Morgan fingerprint density at radius 1 is 1.12 bits per heavy atom. The Kier molecular flexibility index (Phi) is 4.83. The highest BCUT2D eigenvalue weighted by Crippen LogP contribution is 2.36. The third kappa shape index (κ3) is 4.21. The van der Waals surface area contributed by atoms with Crippen molar-refractivity contribution in [1.29, 1.82) is 0 Å². The summed E-state index contributed by atoms with van der Waals surface area (Å²) in [6.07, 6.45) is -2.25. The highest BCUT2D eigenvalue weighted by atomic mass is 19.4. The molecule has 2 aromatic rings. The summed E-state index contributed by atoms with van der Waals surface area (Å²) in [5.41, 5.74) is -0.717. The van der Waals surface area contributed by atoms with Gasteiger partial charge in [-0.25, -0.2) is 9.97 Å². The summed E-state index contributed by atoms with van der Waals surface area (Å²) in [5, 5.41) is 2.81. The molecule has 1 N–H and O–H groups in total. The van der Waals surface area contributed by atoms with E-state index in [2.05, 4.69) is 27.1 Å². The average molecular weight is 350 g/mol. The molecule has 3 rings (SSSR count). The molecule has 0 amide bonds. The van der Waals surface area contributed by atoms with Gasteiger partial charge >= 0.3 is 6.18 Å². The lowest BCUT2D eigenvalue weighted by Gasteiger charge is -2.31. The Bertz CT molecular complexity index is 737. The first-order valence-corrected chi connectivity index (χ1v) is 8.37. The van der Waals surface area contributed by atoms with Gasteiger partial charge in [-0.05, 0) is 37.8 Å². The van der Waals surface area contributed by atoms with Gasteiger partial charge in [-0.3, -0.25) is 0 Å². The summed E-state index contributed by atoms with van der Waals surface area (Å²) in [6, 6.07) is 7.13. The maximum atomic E-state index is 13.2. The SMILES string of the molecule is Cc1nc(Nc2ccccc2C(F)(F)F)cc(N2CCC(C)CC2)n1. The second kappa shape index (κ2) is 6.90. The quantitative estimate of drug-likeness (QED) is 0.865. The van der Waals surface area contributed by atoms with E-state index >= 15 is 0 Å². The van der Waals surface area contributed by atoms with Gasteiger partial charge in [-0.15, -0.1) is 0 Å². The summed E-state index contributed by atoms with van der Waals surface area (Å²) in [5.74, 6) is 2.35. The fraction of sp³-hybridized carbons (Fsp3) is 0.444. The zero-order chi connectivity index (χ0) is 18.0. The molecular formula is C18H21F3N4. The van der Waals surface area contributed by atoms with E-state index in [4.69, 9.17) is 0 Å². The molecule has 0 radical (unpaired) electrons. The molecule has 134 valence electrons. The van der Waals surface area contributed by atoms with Crippen LogP contribution < -0.4 is 10.2 Å². The predicted octanol–water partition coefficient (Wildman–Crippen LogP) is 4.78. The number of rotatable bonds is 3. The van der Waals surface area contributed by atoms with E-state index in [1.54, 1.807) is 19.1 Å². The molecule has 1 saturated heterocycles.